The number of carboxylic acids is 2. The van der Waals surface area contributed by atoms with E-state index >= 15 is 0 Å². The molecule has 0 saturated heterocycles. The van der Waals surface area contributed by atoms with Gasteiger partial charge in [-0.15, -0.1) is 0 Å². The lowest BCUT2D eigenvalue weighted by Crippen LogP contribution is -2.46. The van der Waals surface area contributed by atoms with Gasteiger partial charge in [-0.2, -0.15) is 0 Å². The molecule has 0 bridgehead atoms. The lowest BCUT2D eigenvalue weighted by molar-refractivity contribution is -0.144. The number of anilines is 1. The molecule has 1 aliphatic heterocycles. The molecule has 0 fully saturated rings. The van der Waals surface area contributed by atoms with E-state index in [0.717, 1.165) is 4.90 Å². The fourth-order valence-electron chi connectivity index (χ4n) is 4.28. The highest BCUT2D eigenvalue weighted by atomic mass is 127. The van der Waals surface area contributed by atoms with E-state index in [2.05, 4.69) is 0 Å². The Morgan fingerprint density at radius 3 is 2.08 bits per heavy atom. The summed E-state index contributed by atoms with van der Waals surface area (Å²) in [6.07, 6.45) is -0.377. The molecule has 0 saturated carbocycles. The minimum absolute atomic E-state index is 0.0855. The van der Waals surface area contributed by atoms with Gasteiger partial charge in [-0.05, 0) is 76.2 Å². The molecular formula is C26H19Cl2IN2O6. The van der Waals surface area contributed by atoms with Crippen molar-refractivity contribution in [1.29, 1.82) is 0 Å². The van der Waals surface area contributed by atoms with Gasteiger partial charge in [0, 0.05) is 20.2 Å². The molecule has 2 amide bonds. The number of halogens is 3. The largest absolute Gasteiger partial charge is 0.481 e. The first-order valence-corrected chi connectivity index (χ1v) is 12.8. The van der Waals surface area contributed by atoms with Crippen LogP contribution in [0.4, 0.5) is 5.69 Å². The van der Waals surface area contributed by atoms with Crippen LogP contribution in [0.25, 0.3) is 0 Å². The molecule has 4 rings (SSSR count). The zero-order valence-corrected chi connectivity index (χ0v) is 22.6. The maximum atomic E-state index is 14.2. The highest BCUT2D eigenvalue weighted by molar-refractivity contribution is 14.1. The van der Waals surface area contributed by atoms with Crippen molar-refractivity contribution < 1.29 is 29.4 Å². The van der Waals surface area contributed by atoms with Crippen molar-refractivity contribution in [3.63, 3.8) is 0 Å². The zero-order valence-electron chi connectivity index (χ0n) is 19.0. The van der Waals surface area contributed by atoms with Gasteiger partial charge in [0.05, 0.1) is 17.7 Å². The molecule has 37 heavy (non-hydrogen) atoms. The second kappa shape index (κ2) is 11.1. The Labute approximate surface area is 235 Å². The summed E-state index contributed by atoms with van der Waals surface area (Å²) in [5, 5.41) is 20.4. The van der Waals surface area contributed by atoms with E-state index in [1.807, 2.05) is 22.6 Å². The predicted molar refractivity (Wildman–Crippen MR) is 146 cm³/mol. The van der Waals surface area contributed by atoms with Crippen LogP contribution in [-0.4, -0.2) is 45.4 Å². The van der Waals surface area contributed by atoms with E-state index in [9.17, 15) is 29.4 Å². The van der Waals surface area contributed by atoms with Crippen LogP contribution in [0.5, 0.6) is 0 Å². The third-order valence-corrected chi connectivity index (χ3v) is 7.10. The number of amides is 2. The van der Waals surface area contributed by atoms with Gasteiger partial charge in [-0.25, -0.2) is 4.79 Å². The monoisotopic (exact) mass is 652 g/mol. The average Bonchev–Trinajstić information content (AvgIpc) is 2.93. The van der Waals surface area contributed by atoms with Crippen molar-refractivity contribution in [3.8, 4) is 0 Å². The van der Waals surface area contributed by atoms with Gasteiger partial charge < -0.3 is 20.0 Å². The molecule has 1 heterocycles. The van der Waals surface area contributed by atoms with Crippen LogP contribution >= 0.6 is 45.8 Å². The molecule has 11 heteroatoms. The number of aliphatic carboxylic acids is 2. The molecule has 3 aromatic rings. The van der Waals surface area contributed by atoms with Gasteiger partial charge in [0.15, 0.2) is 6.04 Å². The molecule has 190 valence electrons. The molecule has 3 aromatic carbocycles. The van der Waals surface area contributed by atoms with E-state index in [4.69, 9.17) is 23.2 Å². The number of hydrogen-bond acceptors (Lipinski definition) is 4. The van der Waals surface area contributed by atoms with Crippen LogP contribution in [0.2, 0.25) is 10.0 Å². The van der Waals surface area contributed by atoms with E-state index in [0.29, 0.717) is 19.2 Å². The fourth-order valence-corrected chi connectivity index (χ4v) is 5.02. The van der Waals surface area contributed by atoms with E-state index in [-0.39, 0.29) is 29.8 Å². The predicted octanol–water partition coefficient (Wildman–Crippen LogP) is 5.43. The molecule has 0 spiro atoms. The standard InChI is InChI=1S/C26H19Cl2IN2O6/c27-16-5-1-14(2-6-16)22-25(35)30(12-11-21(32)33)20-10-9-18(29)13-19(20)24(34)31(22)23(26(36)37)15-3-7-17(28)8-4-15/h1-10,13,22-23H,11-12H2,(H,32,33)(H,36,37)/t22-,23-/m0/s1. The van der Waals surface area contributed by atoms with Crippen LogP contribution in [0, 0.1) is 3.57 Å². The molecule has 0 unspecified atom stereocenters. The first kappa shape index (κ1) is 26.9. The lowest BCUT2D eigenvalue weighted by Gasteiger charge is -2.35. The number of rotatable bonds is 7. The van der Waals surface area contributed by atoms with Gasteiger partial charge in [0.25, 0.3) is 11.8 Å². The van der Waals surface area contributed by atoms with Crippen LogP contribution < -0.4 is 4.90 Å². The third kappa shape index (κ3) is 5.58. The molecule has 8 nitrogen and oxygen atoms in total. The maximum absolute atomic E-state index is 14.2. The molecular weight excluding hydrogens is 634 g/mol. The summed E-state index contributed by atoms with van der Waals surface area (Å²) in [4.78, 5) is 54.7. The van der Waals surface area contributed by atoms with Gasteiger partial charge >= 0.3 is 11.9 Å². The van der Waals surface area contributed by atoms with Crippen molar-refractivity contribution in [2.24, 2.45) is 0 Å². The van der Waals surface area contributed by atoms with Gasteiger partial charge in [-0.1, -0.05) is 47.5 Å². The van der Waals surface area contributed by atoms with Crippen LogP contribution in [0.3, 0.4) is 0 Å². The Morgan fingerprint density at radius 2 is 1.51 bits per heavy atom. The van der Waals surface area contributed by atoms with Crippen molar-refractivity contribution in [1.82, 2.24) is 4.90 Å². The number of nitrogens with zero attached hydrogens (tertiary/aromatic N) is 2. The topological polar surface area (TPSA) is 115 Å². The highest BCUT2D eigenvalue weighted by Crippen LogP contribution is 2.40. The summed E-state index contributed by atoms with van der Waals surface area (Å²) in [6, 6.07) is 14.0. The molecule has 2 atom stereocenters. The molecule has 0 radical (unpaired) electrons. The average molecular weight is 653 g/mol. The first-order valence-electron chi connectivity index (χ1n) is 11.0. The SMILES string of the molecule is O=C(O)CCN1C(=O)[C@H](c2ccc(Cl)cc2)N([C@H](C(=O)O)c2ccc(Cl)cc2)C(=O)c2cc(I)ccc21. The number of hydrogen-bond donors (Lipinski definition) is 2. The summed E-state index contributed by atoms with van der Waals surface area (Å²) in [7, 11) is 0. The highest BCUT2D eigenvalue weighted by Gasteiger charge is 2.46. The lowest BCUT2D eigenvalue weighted by atomic mass is 9.97. The minimum Gasteiger partial charge on any atom is -0.481 e. The van der Waals surface area contributed by atoms with E-state index < -0.39 is 35.8 Å². The summed E-state index contributed by atoms with van der Waals surface area (Å²) in [6.45, 7) is -0.217. The zero-order chi connectivity index (χ0) is 26.9. The Kier molecular flexibility index (Phi) is 8.05. The van der Waals surface area contributed by atoms with Crippen molar-refractivity contribution in [2.75, 3.05) is 11.4 Å². The van der Waals surface area contributed by atoms with Crippen molar-refractivity contribution >= 4 is 75.2 Å². The van der Waals surface area contributed by atoms with Crippen LogP contribution in [0.1, 0.15) is 40.0 Å². The Bertz CT molecular complexity index is 1380. The van der Waals surface area contributed by atoms with Gasteiger partial charge in [0.1, 0.15) is 6.04 Å². The number of carbonyl (C=O) groups is 4. The summed E-state index contributed by atoms with van der Waals surface area (Å²) in [5.74, 6) is -3.81. The number of carboxylic acid groups (broad SMARTS) is 2. The first-order chi connectivity index (χ1) is 17.6. The number of fused-ring (bicyclic) bond motifs is 1. The fraction of sp³-hybridized carbons (Fsp3) is 0.154. The smallest absolute Gasteiger partial charge is 0.331 e. The second-order valence-corrected chi connectivity index (χ2v) is 10.4. The summed E-state index contributed by atoms with van der Waals surface area (Å²) in [5.41, 5.74) is 0.856. The third-order valence-electron chi connectivity index (χ3n) is 5.93. The molecule has 0 aliphatic carbocycles. The van der Waals surface area contributed by atoms with Crippen LogP contribution in [-0.2, 0) is 14.4 Å². The van der Waals surface area contributed by atoms with E-state index in [1.165, 1.54) is 41.3 Å². The Hall–Kier alpha value is -3.15. The summed E-state index contributed by atoms with van der Waals surface area (Å²) < 4.78 is 0.679. The molecule has 2 N–H and O–H groups in total. The van der Waals surface area contributed by atoms with Crippen molar-refractivity contribution in [2.45, 2.75) is 18.5 Å². The Balaban J connectivity index is 2.00. The quantitative estimate of drug-likeness (QED) is 0.329. The number of carbonyl (C=O) groups excluding carboxylic acids is 2. The van der Waals surface area contributed by atoms with Gasteiger partial charge in [0.2, 0.25) is 0 Å². The van der Waals surface area contributed by atoms with Crippen LogP contribution in [0.15, 0.2) is 66.7 Å². The normalized spacial score (nSPS) is 16.2. The minimum atomic E-state index is -1.56. The summed E-state index contributed by atoms with van der Waals surface area (Å²) >= 11 is 14.1. The maximum Gasteiger partial charge on any atom is 0.331 e. The van der Waals surface area contributed by atoms with Gasteiger partial charge in [-0.3, -0.25) is 14.4 Å². The van der Waals surface area contributed by atoms with Crippen molar-refractivity contribution in [3.05, 3.63) is 97.0 Å². The second-order valence-electron chi connectivity index (χ2n) is 8.25. The van der Waals surface area contributed by atoms with E-state index in [1.54, 1.807) is 30.3 Å². The Morgan fingerprint density at radius 1 is 0.919 bits per heavy atom. The number of benzene rings is 3. The molecule has 1 aliphatic rings. The molecule has 0 aromatic heterocycles.